The van der Waals surface area contributed by atoms with Crippen LogP contribution in [0.4, 0.5) is 13.2 Å². The highest BCUT2D eigenvalue weighted by Gasteiger charge is 2.32. The molecule has 1 N–H and O–H groups in total. The van der Waals surface area contributed by atoms with Gasteiger partial charge in [0.25, 0.3) is 0 Å². The molecule has 1 aliphatic heterocycles. The Hall–Kier alpha value is -1.63. The molecular weight excluding hydrogens is 297 g/mol. The summed E-state index contributed by atoms with van der Waals surface area (Å²) in [5.74, 6) is -0.201. The molecule has 4 nitrogen and oxygen atoms in total. The van der Waals surface area contributed by atoms with Crippen LogP contribution >= 0.6 is 0 Å². The van der Waals surface area contributed by atoms with Crippen LogP contribution < -0.4 is 5.32 Å². The van der Waals surface area contributed by atoms with Crippen LogP contribution in [0.5, 0.6) is 0 Å². The van der Waals surface area contributed by atoms with Crippen LogP contribution in [-0.4, -0.2) is 23.6 Å². The molecule has 122 valence electrons. The van der Waals surface area contributed by atoms with Gasteiger partial charge >= 0.3 is 6.18 Å². The Morgan fingerprint density at radius 2 is 2.18 bits per heavy atom. The maximum Gasteiger partial charge on any atom is 0.433 e. The Balaban J connectivity index is 1.76. The van der Waals surface area contributed by atoms with Crippen molar-refractivity contribution in [2.24, 2.45) is 0 Å². The van der Waals surface area contributed by atoms with E-state index in [1.54, 1.807) is 0 Å². The first kappa shape index (κ1) is 16.7. The molecule has 0 saturated carbocycles. The SMILES string of the molecule is O=C(CCC1CCCCO1)NCc1cccc(C(F)(F)F)n1. The maximum atomic E-state index is 12.5. The Kier molecular flexibility index (Phi) is 5.76. The fraction of sp³-hybridized carbons (Fsp3) is 0.600. The van der Waals surface area contributed by atoms with Gasteiger partial charge in [-0.2, -0.15) is 13.2 Å². The molecule has 22 heavy (non-hydrogen) atoms. The highest BCUT2D eigenvalue weighted by Crippen LogP contribution is 2.27. The molecule has 1 saturated heterocycles. The van der Waals surface area contributed by atoms with Gasteiger partial charge < -0.3 is 10.1 Å². The first-order chi connectivity index (χ1) is 10.4. The fourth-order valence-corrected chi connectivity index (χ4v) is 2.34. The van der Waals surface area contributed by atoms with Crippen LogP contribution in [0.2, 0.25) is 0 Å². The van der Waals surface area contributed by atoms with E-state index in [0.717, 1.165) is 31.9 Å². The van der Waals surface area contributed by atoms with Crippen molar-refractivity contribution in [3.8, 4) is 0 Å². The molecule has 0 radical (unpaired) electrons. The smallest absolute Gasteiger partial charge is 0.378 e. The maximum absolute atomic E-state index is 12.5. The van der Waals surface area contributed by atoms with Crippen molar-refractivity contribution < 1.29 is 22.7 Å². The summed E-state index contributed by atoms with van der Waals surface area (Å²) in [7, 11) is 0. The summed E-state index contributed by atoms with van der Waals surface area (Å²) in [5, 5.41) is 2.59. The monoisotopic (exact) mass is 316 g/mol. The van der Waals surface area contributed by atoms with Crippen LogP contribution in [0.1, 0.15) is 43.5 Å². The van der Waals surface area contributed by atoms with E-state index in [2.05, 4.69) is 10.3 Å². The predicted molar refractivity (Wildman–Crippen MR) is 73.9 cm³/mol. The molecular formula is C15H19F3N2O2. The average Bonchev–Trinajstić information content (AvgIpc) is 2.51. The highest BCUT2D eigenvalue weighted by atomic mass is 19.4. The Labute approximate surface area is 127 Å². The number of ether oxygens (including phenoxy) is 1. The van der Waals surface area contributed by atoms with Gasteiger partial charge in [0, 0.05) is 13.0 Å². The first-order valence-electron chi connectivity index (χ1n) is 7.36. The van der Waals surface area contributed by atoms with E-state index in [4.69, 9.17) is 4.74 Å². The molecule has 0 aromatic carbocycles. The molecule has 2 rings (SSSR count). The number of hydrogen-bond donors (Lipinski definition) is 1. The number of carbonyl (C=O) groups is 1. The van der Waals surface area contributed by atoms with Gasteiger partial charge in [-0.1, -0.05) is 6.07 Å². The number of carbonyl (C=O) groups excluding carboxylic acids is 1. The summed E-state index contributed by atoms with van der Waals surface area (Å²) >= 11 is 0. The second kappa shape index (κ2) is 7.58. The van der Waals surface area contributed by atoms with E-state index in [0.29, 0.717) is 12.8 Å². The largest absolute Gasteiger partial charge is 0.433 e. The normalized spacial score (nSPS) is 19.0. The van der Waals surface area contributed by atoms with Crippen molar-refractivity contribution in [2.75, 3.05) is 6.61 Å². The van der Waals surface area contributed by atoms with Crippen molar-refractivity contribution in [1.82, 2.24) is 10.3 Å². The zero-order chi connectivity index (χ0) is 16.0. The van der Waals surface area contributed by atoms with E-state index >= 15 is 0 Å². The van der Waals surface area contributed by atoms with Gasteiger partial charge in [-0.15, -0.1) is 0 Å². The van der Waals surface area contributed by atoms with Crippen LogP contribution in [0.3, 0.4) is 0 Å². The van der Waals surface area contributed by atoms with Crippen LogP contribution in [-0.2, 0) is 22.3 Å². The summed E-state index contributed by atoms with van der Waals surface area (Å²) in [4.78, 5) is 15.2. The molecule has 1 fully saturated rings. The number of amides is 1. The number of nitrogens with one attached hydrogen (secondary N) is 1. The third-order valence-electron chi connectivity index (χ3n) is 3.53. The van der Waals surface area contributed by atoms with E-state index in [1.165, 1.54) is 12.1 Å². The zero-order valence-corrected chi connectivity index (χ0v) is 12.2. The summed E-state index contributed by atoms with van der Waals surface area (Å²) in [6, 6.07) is 3.65. The molecule has 1 aromatic rings. The molecule has 1 aliphatic rings. The topological polar surface area (TPSA) is 51.2 Å². The van der Waals surface area contributed by atoms with Crippen LogP contribution in [0.25, 0.3) is 0 Å². The van der Waals surface area contributed by atoms with Crippen molar-refractivity contribution in [3.63, 3.8) is 0 Å². The second-order valence-electron chi connectivity index (χ2n) is 5.32. The zero-order valence-electron chi connectivity index (χ0n) is 12.2. The number of rotatable bonds is 5. The van der Waals surface area contributed by atoms with Crippen molar-refractivity contribution in [3.05, 3.63) is 29.6 Å². The molecule has 0 aliphatic carbocycles. The van der Waals surface area contributed by atoms with Crippen molar-refractivity contribution in [1.29, 1.82) is 0 Å². The van der Waals surface area contributed by atoms with Crippen LogP contribution in [0.15, 0.2) is 18.2 Å². The average molecular weight is 316 g/mol. The molecule has 7 heteroatoms. The summed E-state index contributed by atoms with van der Waals surface area (Å²) < 4.78 is 43.1. The highest BCUT2D eigenvalue weighted by molar-refractivity contribution is 5.75. The number of nitrogens with zero attached hydrogens (tertiary/aromatic N) is 1. The Bertz CT molecular complexity index is 500. The molecule has 1 aromatic heterocycles. The van der Waals surface area contributed by atoms with Gasteiger partial charge in [0.05, 0.1) is 18.3 Å². The van der Waals surface area contributed by atoms with E-state index in [9.17, 15) is 18.0 Å². The number of hydrogen-bond acceptors (Lipinski definition) is 3. The van der Waals surface area contributed by atoms with E-state index in [-0.39, 0.29) is 24.2 Å². The summed E-state index contributed by atoms with van der Waals surface area (Å²) in [6.45, 7) is 0.731. The molecule has 0 bridgehead atoms. The Morgan fingerprint density at radius 1 is 1.36 bits per heavy atom. The van der Waals surface area contributed by atoms with Gasteiger partial charge in [0.15, 0.2) is 0 Å². The van der Waals surface area contributed by atoms with Gasteiger partial charge in [-0.25, -0.2) is 4.98 Å². The number of pyridine rings is 1. The molecule has 1 amide bonds. The van der Waals surface area contributed by atoms with Gasteiger partial charge in [-0.3, -0.25) is 4.79 Å². The lowest BCUT2D eigenvalue weighted by molar-refractivity contribution is -0.141. The molecule has 1 unspecified atom stereocenters. The quantitative estimate of drug-likeness (QED) is 0.908. The van der Waals surface area contributed by atoms with Crippen molar-refractivity contribution >= 4 is 5.91 Å². The lowest BCUT2D eigenvalue weighted by Crippen LogP contribution is -2.26. The van der Waals surface area contributed by atoms with Gasteiger partial charge in [-0.05, 0) is 37.8 Å². The first-order valence-corrected chi connectivity index (χ1v) is 7.36. The number of aromatic nitrogens is 1. The third-order valence-corrected chi connectivity index (χ3v) is 3.53. The summed E-state index contributed by atoms with van der Waals surface area (Å²) in [6.07, 6.45) is -0.275. The van der Waals surface area contributed by atoms with Gasteiger partial charge in [0.1, 0.15) is 5.69 Å². The summed E-state index contributed by atoms with van der Waals surface area (Å²) in [5.41, 5.74) is -0.757. The molecule has 2 heterocycles. The van der Waals surface area contributed by atoms with E-state index < -0.39 is 11.9 Å². The number of alkyl halides is 3. The minimum Gasteiger partial charge on any atom is -0.378 e. The predicted octanol–water partition coefficient (Wildman–Crippen LogP) is 3.07. The van der Waals surface area contributed by atoms with Gasteiger partial charge in [0.2, 0.25) is 5.91 Å². The third kappa shape index (κ3) is 5.29. The minimum atomic E-state index is -4.47. The fourth-order valence-electron chi connectivity index (χ4n) is 2.34. The van der Waals surface area contributed by atoms with Crippen LogP contribution in [0, 0.1) is 0 Å². The minimum absolute atomic E-state index is 0.00568. The standard InChI is InChI=1S/C15H19F3N2O2/c16-15(17,18)13-6-3-4-11(20-13)10-19-14(21)8-7-12-5-1-2-9-22-12/h3-4,6,12H,1-2,5,7-10H2,(H,19,21). The Morgan fingerprint density at radius 3 is 2.86 bits per heavy atom. The number of halogens is 3. The lowest BCUT2D eigenvalue weighted by atomic mass is 10.0. The lowest BCUT2D eigenvalue weighted by Gasteiger charge is -2.22. The second-order valence-corrected chi connectivity index (χ2v) is 5.32. The van der Waals surface area contributed by atoms with E-state index in [1.807, 2.05) is 0 Å². The molecule has 1 atom stereocenters. The van der Waals surface area contributed by atoms with Crippen molar-refractivity contribution in [2.45, 2.75) is 50.9 Å². The molecule has 0 spiro atoms.